The molecule has 6 nitrogen and oxygen atoms in total. The maximum atomic E-state index is 14.0. The summed E-state index contributed by atoms with van der Waals surface area (Å²) in [6.07, 6.45) is 12.2. The number of nitrogens with zero attached hydrogens (tertiary/aromatic N) is 4. The van der Waals surface area contributed by atoms with E-state index >= 15 is 0 Å². The van der Waals surface area contributed by atoms with Crippen LogP contribution in [0.1, 0.15) is 44.7 Å². The van der Waals surface area contributed by atoms with Gasteiger partial charge in [0, 0.05) is 29.4 Å². The van der Waals surface area contributed by atoms with Crippen molar-refractivity contribution in [3.8, 4) is 0 Å². The monoisotopic (exact) mass is 486 g/mol. The van der Waals surface area contributed by atoms with E-state index in [0.29, 0.717) is 17.0 Å². The van der Waals surface area contributed by atoms with Gasteiger partial charge in [0.2, 0.25) is 0 Å². The van der Waals surface area contributed by atoms with Gasteiger partial charge in [0.05, 0.1) is 11.4 Å². The molecule has 3 heterocycles. The van der Waals surface area contributed by atoms with Crippen molar-refractivity contribution in [2.24, 2.45) is 0 Å². The van der Waals surface area contributed by atoms with Gasteiger partial charge in [-0.25, -0.2) is 18.7 Å². The van der Waals surface area contributed by atoms with Crippen molar-refractivity contribution in [3.63, 3.8) is 0 Å². The molecular formula is C25H25ClF2N4O2. The summed E-state index contributed by atoms with van der Waals surface area (Å²) < 4.78 is 30.2. The molecule has 34 heavy (non-hydrogen) atoms. The van der Waals surface area contributed by atoms with Gasteiger partial charge in [-0.1, -0.05) is 23.3 Å². The Balaban J connectivity index is 0.000000499. The summed E-state index contributed by atoms with van der Waals surface area (Å²) >= 11 is 6.15. The minimum absolute atomic E-state index is 0.205. The second-order valence-electron chi connectivity index (χ2n) is 8.80. The second kappa shape index (κ2) is 9.74. The molecule has 1 aliphatic carbocycles. The van der Waals surface area contributed by atoms with E-state index in [9.17, 15) is 8.78 Å². The Morgan fingerprint density at radius 3 is 2.65 bits per heavy atom. The zero-order valence-corrected chi connectivity index (χ0v) is 19.6. The lowest BCUT2D eigenvalue weighted by Gasteiger charge is -2.10. The lowest BCUT2D eigenvalue weighted by molar-refractivity contribution is -0.127. The number of hydrogen-bond donors (Lipinski definition) is 2. The number of aromatic nitrogens is 4. The van der Waals surface area contributed by atoms with Crippen LogP contribution in [0.25, 0.3) is 21.8 Å². The van der Waals surface area contributed by atoms with E-state index in [1.54, 1.807) is 6.20 Å². The minimum atomic E-state index is -1.50. The van der Waals surface area contributed by atoms with E-state index < -0.39 is 17.4 Å². The van der Waals surface area contributed by atoms with E-state index in [1.165, 1.54) is 44.1 Å². The molecule has 0 saturated heterocycles. The molecule has 3 aromatic heterocycles. The fourth-order valence-electron chi connectivity index (χ4n) is 4.17. The fraction of sp³-hybridized carbons (Fsp3) is 0.320. The minimum Gasteiger partial charge on any atom is -0.366 e. The second-order valence-corrected chi connectivity index (χ2v) is 9.16. The molecule has 5 rings (SSSR count). The normalized spacial score (nSPS) is 16.0. The number of allylic oxidation sites excluding steroid dienone is 2. The first-order valence-electron chi connectivity index (χ1n) is 10.9. The summed E-state index contributed by atoms with van der Waals surface area (Å²) in [7, 11) is 0. The molecule has 1 aromatic carbocycles. The quantitative estimate of drug-likeness (QED) is 0.226. The molecular weight excluding hydrogens is 462 g/mol. The molecule has 0 radical (unpaired) electrons. The average molecular weight is 487 g/mol. The Hall–Kier alpha value is -2.94. The summed E-state index contributed by atoms with van der Waals surface area (Å²) in [6.45, 7) is 2.60. The van der Waals surface area contributed by atoms with Crippen LogP contribution in [-0.2, 0) is 6.42 Å². The molecule has 4 aromatic rings. The van der Waals surface area contributed by atoms with Gasteiger partial charge in [0.15, 0.2) is 17.4 Å². The number of pyridine rings is 1. The molecule has 0 saturated carbocycles. The predicted molar refractivity (Wildman–Crippen MR) is 127 cm³/mol. The number of rotatable bonds is 4. The van der Waals surface area contributed by atoms with Crippen molar-refractivity contribution in [1.82, 2.24) is 19.5 Å². The Labute approximate surface area is 200 Å². The van der Waals surface area contributed by atoms with Crippen LogP contribution < -0.4 is 0 Å². The van der Waals surface area contributed by atoms with Gasteiger partial charge in [0.25, 0.3) is 0 Å². The van der Waals surface area contributed by atoms with Crippen LogP contribution in [-0.4, -0.2) is 35.5 Å². The Morgan fingerprint density at radius 1 is 1.12 bits per heavy atom. The SMILES string of the molecule is CC(C)(O)O.Fc1cc(CCC2=CC(n3ccc4c(Cl)ncnc43)CC2)c2cnccc2c1F. The van der Waals surface area contributed by atoms with Crippen molar-refractivity contribution < 1.29 is 19.0 Å². The molecule has 178 valence electrons. The van der Waals surface area contributed by atoms with Crippen molar-refractivity contribution in [2.75, 3.05) is 0 Å². The van der Waals surface area contributed by atoms with Crippen LogP contribution in [0.5, 0.6) is 0 Å². The Bertz CT molecular complexity index is 1360. The number of aryl methyl sites for hydroxylation is 1. The van der Waals surface area contributed by atoms with E-state index in [-0.39, 0.29) is 11.4 Å². The molecule has 0 aliphatic heterocycles. The van der Waals surface area contributed by atoms with Crippen LogP contribution in [0.2, 0.25) is 5.15 Å². The lowest BCUT2D eigenvalue weighted by atomic mass is 9.99. The Morgan fingerprint density at radius 2 is 1.88 bits per heavy atom. The third-order valence-electron chi connectivity index (χ3n) is 5.64. The van der Waals surface area contributed by atoms with Gasteiger partial charge in [-0.15, -0.1) is 0 Å². The van der Waals surface area contributed by atoms with E-state index in [0.717, 1.165) is 35.9 Å². The van der Waals surface area contributed by atoms with Crippen molar-refractivity contribution in [3.05, 3.63) is 77.1 Å². The molecule has 1 atom stereocenters. The van der Waals surface area contributed by atoms with Gasteiger partial charge in [-0.05, 0) is 63.3 Å². The topological polar surface area (TPSA) is 84.1 Å². The molecule has 2 N–H and O–H groups in total. The van der Waals surface area contributed by atoms with Gasteiger partial charge in [-0.3, -0.25) is 4.98 Å². The maximum Gasteiger partial charge on any atom is 0.166 e. The van der Waals surface area contributed by atoms with Gasteiger partial charge in [0.1, 0.15) is 17.1 Å². The zero-order valence-electron chi connectivity index (χ0n) is 18.8. The van der Waals surface area contributed by atoms with E-state index in [2.05, 4.69) is 25.6 Å². The third kappa shape index (κ3) is 5.41. The fourth-order valence-corrected chi connectivity index (χ4v) is 4.37. The Kier molecular flexibility index (Phi) is 6.93. The van der Waals surface area contributed by atoms with Crippen molar-refractivity contribution in [2.45, 2.75) is 51.4 Å². The summed E-state index contributed by atoms with van der Waals surface area (Å²) in [4.78, 5) is 12.5. The van der Waals surface area contributed by atoms with Crippen LogP contribution >= 0.6 is 11.6 Å². The first kappa shape index (κ1) is 24.2. The maximum absolute atomic E-state index is 14.0. The predicted octanol–water partition coefficient (Wildman–Crippen LogP) is 5.51. The highest BCUT2D eigenvalue weighted by Crippen LogP contribution is 2.34. The van der Waals surface area contributed by atoms with Crippen LogP contribution in [0.4, 0.5) is 8.78 Å². The number of benzene rings is 1. The van der Waals surface area contributed by atoms with Crippen LogP contribution in [0.15, 0.2) is 54.8 Å². The molecule has 0 fully saturated rings. The van der Waals surface area contributed by atoms with E-state index in [4.69, 9.17) is 21.8 Å². The molecule has 0 bridgehead atoms. The average Bonchev–Trinajstić information content (AvgIpc) is 3.42. The highest BCUT2D eigenvalue weighted by Gasteiger charge is 2.20. The molecule has 9 heteroatoms. The smallest absolute Gasteiger partial charge is 0.166 e. The highest BCUT2D eigenvalue weighted by atomic mass is 35.5. The number of aliphatic hydroxyl groups is 2. The number of fused-ring (bicyclic) bond motifs is 2. The number of hydrogen-bond acceptors (Lipinski definition) is 5. The number of halogens is 3. The first-order valence-corrected chi connectivity index (χ1v) is 11.3. The summed E-state index contributed by atoms with van der Waals surface area (Å²) in [6, 6.07) is 4.96. The summed E-state index contributed by atoms with van der Waals surface area (Å²) in [5.74, 6) is -3.13. The zero-order chi connectivity index (χ0) is 24.5. The highest BCUT2D eigenvalue weighted by molar-refractivity contribution is 6.33. The van der Waals surface area contributed by atoms with Crippen LogP contribution in [0.3, 0.4) is 0 Å². The molecule has 1 aliphatic rings. The van der Waals surface area contributed by atoms with Gasteiger partial charge in [-0.2, -0.15) is 0 Å². The van der Waals surface area contributed by atoms with Gasteiger partial charge < -0.3 is 14.8 Å². The van der Waals surface area contributed by atoms with E-state index in [1.807, 2.05) is 12.3 Å². The molecule has 1 unspecified atom stereocenters. The lowest BCUT2D eigenvalue weighted by Crippen LogP contribution is -2.15. The first-order chi connectivity index (χ1) is 16.1. The molecule has 0 spiro atoms. The van der Waals surface area contributed by atoms with Crippen molar-refractivity contribution in [1.29, 1.82) is 0 Å². The van der Waals surface area contributed by atoms with Gasteiger partial charge >= 0.3 is 0 Å². The largest absolute Gasteiger partial charge is 0.366 e. The van der Waals surface area contributed by atoms with Crippen LogP contribution in [0, 0.1) is 11.6 Å². The van der Waals surface area contributed by atoms with Crippen molar-refractivity contribution >= 4 is 33.4 Å². The molecule has 0 amide bonds. The standard InChI is InChI=1S/C22H17ClF2N4.C3H8O2/c23-21-17-6-8-29(22(17)28-12-27-21)15-4-2-13(9-15)1-3-14-10-19(24)20(25)16-5-7-26-11-18(14)16;1-3(2,4)5/h5-12,15H,1-4H2;4-5H,1-2H3. The third-order valence-corrected chi connectivity index (χ3v) is 5.94. The summed E-state index contributed by atoms with van der Waals surface area (Å²) in [5.41, 5.74) is 2.91. The summed E-state index contributed by atoms with van der Waals surface area (Å²) in [5, 5.41) is 18.4.